The smallest absolute Gasteiger partial charge is 0.252 e. The Hall–Kier alpha value is -2.12. The van der Waals surface area contributed by atoms with Crippen LogP contribution in [-0.4, -0.2) is 29.1 Å². The van der Waals surface area contributed by atoms with Gasteiger partial charge in [-0.2, -0.15) is 0 Å². The predicted molar refractivity (Wildman–Crippen MR) is 79.3 cm³/mol. The summed E-state index contributed by atoms with van der Waals surface area (Å²) in [7, 11) is -3.53. The maximum absolute atomic E-state index is 11.6. The summed E-state index contributed by atoms with van der Waals surface area (Å²) in [5, 5.41) is 7.72. The van der Waals surface area contributed by atoms with E-state index in [-0.39, 0.29) is 5.02 Å². The number of nitrogens with zero attached hydrogens (tertiary/aromatic N) is 3. The van der Waals surface area contributed by atoms with Crippen molar-refractivity contribution >= 4 is 32.7 Å². The molecule has 108 valence electrons. The number of hydrogen-bond donors (Lipinski definition) is 0. The van der Waals surface area contributed by atoms with Gasteiger partial charge in [0.1, 0.15) is 22.5 Å². The zero-order valence-electron chi connectivity index (χ0n) is 10.9. The minimum atomic E-state index is -3.53. The average molecular weight is 324 g/mol. The highest BCUT2D eigenvalue weighted by molar-refractivity contribution is 7.89. The molecule has 0 saturated carbocycles. The lowest BCUT2D eigenvalue weighted by atomic mass is 10.3. The van der Waals surface area contributed by atoms with Gasteiger partial charge >= 0.3 is 0 Å². The Labute approximate surface area is 126 Å². The number of ether oxygens (including phenoxy) is 1. The molecule has 0 saturated heterocycles. The van der Waals surface area contributed by atoms with Crippen LogP contribution in [-0.2, 0) is 10.0 Å². The number of benzene rings is 2. The summed E-state index contributed by atoms with van der Waals surface area (Å²) in [4.78, 5) is 0. The van der Waals surface area contributed by atoms with Crippen molar-refractivity contribution in [2.24, 2.45) is 0 Å². The van der Waals surface area contributed by atoms with Crippen LogP contribution in [0.15, 0.2) is 42.5 Å². The van der Waals surface area contributed by atoms with Crippen molar-refractivity contribution in [3.05, 3.63) is 47.5 Å². The lowest BCUT2D eigenvalue weighted by Crippen LogP contribution is -2.11. The summed E-state index contributed by atoms with van der Waals surface area (Å²) in [6.45, 7) is 0. The van der Waals surface area contributed by atoms with Gasteiger partial charge in [0.25, 0.3) is 10.0 Å². The van der Waals surface area contributed by atoms with E-state index in [4.69, 9.17) is 16.3 Å². The third-order valence-electron chi connectivity index (χ3n) is 2.75. The van der Waals surface area contributed by atoms with Crippen molar-refractivity contribution in [3.63, 3.8) is 0 Å². The molecule has 1 aromatic heterocycles. The Morgan fingerprint density at radius 1 is 1.19 bits per heavy atom. The molecule has 0 aliphatic heterocycles. The maximum atomic E-state index is 11.6. The van der Waals surface area contributed by atoms with E-state index >= 15 is 0 Å². The molecule has 0 aliphatic carbocycles. The first-order valence-electron chi connectivity index (χ1n) is 5.93. The summed E-state index contributed by atoms with van der Waals surface area (Å²) in [6, 6.07) is 12.1. The molecule has 0 N–H and O–H groups in total. The molecule has 3 rings (SSSR count). The van der Waals surface area contributed by atoms with Crippen LogP contribution in [0.2, 0.25) is 5.02 Å². The van der Waals surface area contributed by atoms with Crippen molar-refractivity contribution in [1.29, 1.82) is 0 Å². The van der Waals surface area contributed by atoms with Gasteiger partial charge in [0.05, 0.1) is 11.3 Å². The third-order valence-corrected chi connectivity index (χ3v) is 3.95. The van der Waals surface area contributed by atoms with E-state index in [2.05, 4.69) is 10.3 Å². The van der Waals surface area contributed by atoms with E-state index in [0.29, 0.717) is 22.5 Å². The van der Waals surface area contributed by atoms with Crippen molar-refractivity contribution in [2.45, 2.75) is 0 Å². The molecular weight excluding hydrogens is 314 g/mol. The molecule has 0 bridgehead atoms. The van der Waals surface area contributed by atoms with Gasteiger partial charge in [0.2, 0.25) is 0 Å². The van der Waals surface area contributed by atoms with Crippen LogP contribution < -0.4 is 4.74 Å². The zero-order valence-corrected chi connectivity index (χ0v) is 12.5. The summed E-state index contributed by atoms with van der Waals surface area (Å²) in [6.07, 6.45) is 1.05. The van der Waals surface area contributed by atoms with Gasteiger partial charge in [-0.15, -0.1) is 9.19 Å². The van der Waals surface area contributed by atoms with Crippen molar-refractivity contribution in [1.82, 2.24) is 14.4 Å². The molecule has 0 aliphatic rings. The number of fused-ring (bicyclic) bond motifs is 1. The Kier molecular flexibility index (Phi) is 3.30. The molecular formula is C13H10ClN3O3S. The van der Waals surface area contributed by atoms with Crippen LogP contribution in [0.25, 0.3) is 11.0 Å². The van der Waals surface area contributed by atoms with Crippen molar-refractivity contribution in [3.8, 4) is 11.5 Å². The van der Waals surface area contributed by atoms with Gasteiger partial charge in [0, 0.05) is 6.07 Å². The molecule has 0 amide bonds. The van der Waals surface area contributed by atoms with Crippen LogP contribution in [0, 0.1) is 0 Å². The number of aromatic nitrogens is 3. The molecule has 0 atom stereocenters. The van der Waals surface area contributed by atoms with Gasteiger partial charge < -0.3 is 4.74 Å². The molecule has 21 heavy (non-hydrogen) atoms. The summed E-state index contributed by atoms with van der Waals surface area (Å²) >= 11 is 6.14. The Morgan fingerprint density at radius 2 is 1.90 bits per heavy atom. The molecule has 2 aromatic carbocycles. The Morgan fingerprint density at radius 3 is 2.57 bits per heavy atom. The second-order valence-corrected chi connectivity index (χ2v) is 6.60. The SMILES string of the molecule is CS(=O)(=O)n1nnc2cc(Oc3ccccc3)c(Cl)cc21. The van der Waals surface area contributed by atoms with Crippen LogP contribution in [0.4, 0.5) is 0 Å². The number of halogens is 1. The predicted octanol–water partition coefficient (Wildman–Crippen LogP) is 2.68. The number of rotatable bonds is 3. The molecule has 0 unspecified atom stereocenters. The minimum Gasteiger partial charge on any atom is -0.456 e. The third kappa shape index (κ3) is 2.70. The van der Waals surface area contributed by atoms with Gasteiger partial charge in [-0.1, -0.05) is 35.0 Å². The van der Waals surface area contributed by atoms with E-state index in [9.17, 15) is 8.42 Å². The molecule has 0 radical (unpaired) electrons. The van der Waals surface area contributed by atoms with E-state index < -0.39 is 10.0 Å². The van der Waals surface area contributed by atoms with E-state index in [1.807, 2.05) is 18.2 Å². The first kappa shape index (κ1) is 13.8. The molecule has 3 aromatic rings. The molecule has 0 fully saturated rings. The lowest BCUT2D eigenvalue weighted by Gasteiger charge is -2.07. The monoisotopic (exact) mass is 323 g/mol. The van der Waals surface area contributed by atoms with E-state index in [1.165, 1.54) is 6.07 Å². The Balaban J connectivity index is 2.09. The molecule has 1 heterocycles. The quantitative estimate of drug-likeness (QED) is 0.741. The van der Waals surface area contributed by atoms with Gasteiger partial charge in [-0.3, -0.25) is 0 Å². The number of hydrogen-bond acceptors (Lipinski definition) is 5. The summed E-state index contributed by atoms with van der Waals surface area (Å²) < 4.78 is 29.7. The summed E-state index contributed by atoms with van der Waals surface area (Å²) in [5.74, 6) is 1.00. The van der Waals surface area contributed by atoms with Gasteiger partial charge in [-0.05, 0) is 18.2 Å². The van der Waals surface area contributed by atoms with Crippen LogP contribution in [0.1, 0.15) is 0 Å². The fourth-order valence-electron chi connectivity index (χ4n) is 1.84. The fraction of sp³-hybridized carbons (Fsp3) is 0.0769. The first-order valence-corrected chi connectivity index (χ1v) is 8.16. The van der Waals surface area contributed by atoms with Crippen molar-refractivity contribution < 1.29 is 13.2 Å². The standard InChI is InChI=1S/C13H10ClN3O3S/c1-21(18,19)17-12-7-10(14)13(8-11(12)15-16-17)20-9-5-3-2-4-6-9/h2-8H,1H3. The second-order valence-electron chi connectivity index (χ2n) is 4.38. The fourth-order valence-corrected chi connectivity index (χ4v) is 2.71. The van der Waals surface area contributed by atoms with Crippen LogP contribution in [0.3, 0.4) is 0 Å². The zero-order chi connectivity index (χ0) is 15.0. The topological polar surface area (TPSA) is 74.1 Å². The largest absolute Gasteiger partial charge is 0.456 e. The molecule has 0 spiro atoms. The van der Waals surface area contributed by atoms with E-state index in [1.54, 1.807) is 18.2 Å². The maximum Gasteiger partial charge on any atom is 0.252 e. The lowest BCUT2D eigenvalue weighted by molar-refractivity contribution is 0.483. The highest BCUT2D eigenvalue weighted by Crippen LogP contribution is 2.32. The number of para-hydroxylation sites is 1. The molecule has 6 nitrogen and oxygen atoms in total. The molecule has 8 heteroatoms. The first-order chi connectivity index (χ1) is 9.95. The normalized spacial score (nSPS) is 11.7. The highest BCUT2D eigenvalue weighted by Gasteiger charge is 2.16. The highest BCUT2D eigenvalue weighted by atomic mass is 35.5. The van der Waals surface area contributed by atoms with Gasteiger partial charge in [-0.25, -0.2) is 8.42 Å². The Bertz CT molecular complexity index is 907. The van der Waals surface area contributed by atoms with E-state index in [0.717, 1.165) is 10.3 Å². The summed E-state index contributed by atoms with van der Waals surface area (Å²) in [5.41, 5.74) is 0.693. The average Bonchev–Trinajstić information content (AvgIpc) is 2.83. The second kappa shape index (κ2) is 5.01. The van der Waals surface area contributed by atoms with Crippen molar-refractivity contribution in [2.75, 3.05) is 6.26 Å². The van der Waals surface area contributed by atoms with Gasteiger partial charge in [0.15, 0.2) is 0 Å². The van der Waals surface area contributed by atoms with Crippen LogP contribution >= 0.6 is 11.6 Å². The van der Waals surface area contributed by atoms with Crippen LogP contribution in [0.5, 0.6) is 11.5 Å². The minimum absolute atomic E-state index is 0.276.